The number of halogens is 3. The van der Waals surface area contributed by atoms with Crippen LogP contribution >= 0.6 is 34.8 Å². The lowest BCUT2D eigenvalue weighted by molar-refractivity contribution is 0.217. The molecule has 2 atom stereocenters. The minimum absolute atomic E-state index is 0.182. The summed E-state index contributed by atoms with van der Waals surface area (Å²) in [5.41, 5.74) is 9.06. The van der Waals surface area contributed by atoms with Gasteiger partial charge in [0.15, 0.2) is 0 Å². The maximum atomic E-state index is 11.1. The van der Waals surface area contributed by atoms with Gasteiger partial charge in [0.25, 0.3) is 0 Å². The van der Waals surface area contributed by atoms with Crippen molar-refractivity contribution >= 4 is 40.2 Å². The number of benzene rings is 3. The van der Waals surface area contributed by atoms with Crippen LogP contribution in [0.2, 0.25) is 0 Å². The number of carbonyl (C=O) groups is 1. The number of amides is 1. The molecule has 0 aromatic heterocycles. The van der Waals surface area contributed by atoms with E-state index in [0.717, 1.165) is 51.2 Å². The van der Waals surface area contributed by atoms with Gasteiger partial charge in [-0.05, 0) is 101 Å². The molecule has 242 valence electrons. The average Bonchev–Trinajstić information content (AvgIpc) is 3.73. The zero-order valence-electron chi connectivity index (χ0n) is 26.5. The van der Waals surface area contributed by atoms with Gasteiger partial charge in [-0.15, -0.1) is 23.2 Å². The summed E-state index contributed by atoms with van der Waals surface area (Å²) in [6.45, 7) is 4.82. The molecule has 2 aliphatic heterocycles. The number of hydrogen-bond donors (Lipinski definition) is 1. The number of alkyl halides is 2. The molecule has 2 saturated heterocycles. The smallest absolute Gasteiger partial charge is 0.316 e. The number of likely N-dealkylation sites (tertiary alicyclic amines) is 2. The van der Waals surface area contributed by atoms with Crippen LogP contribution in [-0.2, 0) is 6.54 Å². The van der Waals surface area contributed by atoms with Gasteiger partial charge in [-0.3, -0.25) is 9.69 Å². The Labute approximate surface area is 281 Å². The van der Waals surface area contributed by atoms with Gasteiger partial charge in [0.1, 0.15) is 0 Å². The van der Waals surface area contributed by atoms with Crippen molar-refractivity contribution in [2.45, 2.75) is 57.2 Å². The van der Waals surface area contributed by atoms with E-state index in [0.29, 0.717) is 18.5 Å². The quantitative estimate of drug-likeness (QED) is 0.141. The van der Waals surface area contributed by atoms with Gasteiger partial charge < -0.3 is 15.5 Å². The highest BCUT2D eigenvalue weighted by Gasteiger charge is 2.28. The minimum atomic E-state index is -0.337. The van der Waals surface area contributed by atoms with Crippen molar-refractivity contribution in [3.8, 4) is 0 Å². The predicted molar refractivity (Wildman–Crippen MR) is 190 cm³/mol. The Morgan fingerprint density at radius 2 is 1.30 bits per heavy atom. The first-order valence-electron chi connectivity index (χ1n) is 15.7. The Bertz CT molecular complexity index is 1120. The molecule has 0 spiro atoms. The number of nitrogens with two attached hydrogens (primary N) is 1. The zero-order valence-corrected chi connectivity index (χ0v) is 28.7. The maximum absolute atomic E-state index is 11.1. The standard InChI is InChI=1S/C11H12ClNO.C11H16ClN.C11H15N.C3H8ClN/c12-11(14)13-8-4-7-10(13)9-5-2-1-3-6-9;1-13(9-5-8-12)10-11-6-3-2-4-7-11;1-12-9-5-8-11(12)10-6-3-2-4-7-10;4-2-1-3-5/h1-3,5-6,10H,4,7-8H2;2-4,6-7H,5,8-10H2,1H3;2-4,6-7,11H,5,8-9H2,1H3;1-3,5H2. The lowest BCUT2D eigenvalue weighted by atomic mass is 10.1. The van der Waals surface area contributed by atoms with E-state index < -0.39 is 0 Å². The largest absolute Gasteiger partial charge is 0.330 e. The summed E-state index contributed by atoms with van der Waals surface area (Å²) in [5, 5.41) is -0.337. The van der Waals surface area contributed by atoms with Crippen LogP contribution in [0.5, 0.6) is 0 Å². The summed E-state index contributed by atoms with van der Waals surface area (Å²) in [5.74, 6) is 1.44. The van der Waals surface area contributed by atoms with E-state index in [-0.39, 0.29) is 11.4 Å². The molecule has 0 bridgehead atoms. The second-order valence-corrected chi connectivity index (χ2v) is 12.2. The van der Waals surface area contributed by atoms with Crippen molar-refractivity contribution < 1.29 is 4.79 Å². The van der Waals surface area contributed by atoms with Crippen LogP contribution < -0.4 is 5.73 Å². The SMILES string of the molecule is CN(CCCCl)Cc1ccccc1.CN1CCCC1c1ccccc1.NCCCCl.O=C(Cl)N1CCCC1c1ccccc1. The average molecular weight is 662 g/mol. The Morgan fingerprint density at radius 1 is 0.795 bits per heavy atom. The summed E-state index contributed by atoms with van der Waals surface area (Å²) >= 11 is 16.4. The Kier molecular flexibility index (Phi) is 20.1. The van der Waals surface area contributed by atoms with Crippen molar-refractivity contribution in [3.63, 3.8) is 0 Å². The third kappa shape index (κ3) is 14.8. The summed E-state index contributed by atoms with van der Waals surface area (Å²) in [6, 6.07) is 32.2. The molecule has 0 saturated carbocycles. The first-order valence-corrected chi connectivity index (χ1v) is 17.2. The molecule has 2 aliphatic rings. The molecule has 2 unspecified atom stereocenters. The normalized spacial score (nSPS) is 17.6. The second-order valence-electron chi connectivity index (χ2n) is 11.2. The second kappa shape index (κ2) is 23.3. The van der Waals surface area contributed by atoms with Crippen molar-refractivity contribution in [2.24, 2.45) is 5.73 Å². The molecule has 3 aromatic rings. The van der Waals surface area contributed by atoms with Crippen LogP contribution in [0.4, 0.5) is 4.79 Å². The van der Waals surface area contributed by atoms with Gasteiger partial charge in [-0.25, -0.2) is 0 Å². The van der Waals surface area contributed by atoms with Crippen molar-refractivity contribution in [3.05, 3.63) is 108 Å². The number of carbonyl (C=O) groups excluding carboxylic acids is 1. The van der Waals surface area contributed by atoms with E-state index in [1.54, 1.807) is 4.90 Å². The van der Waals surface area contributed by atoms with E-state index in [1.165, 1.54) is 36.1 Å². The fourth-order valence-electron chi connectivity index (χ4n) is 5.39. The fourth-order valence-corrected chi connectivity index (χ4v) is 5.86. The lowest BCUT2D eigenvalue weighted by Gasteiger charge is -2.22. The van der Waals surface area contributed by atoms with Gasteiger partial charge in [-0.2, -0.15) is 0 Å². The molecule has 1 amide bonds. The first kappa shape index (κ1) is 38.1. The van der Waals surface area contributed by atoms with Gasteiger partial charge in [0.05, 0.1) is 6.04 Å². The molecule has 3 aromatic carbocycles. The molecule has 8 heteroatoms. The lowest BCUT2D eigenvalue weighted by Crippen LogP contribution is -2.25. The molecule has 2 heterocycles. The minimum Gasteiger partial charge on any atom is -0.330 e. The van der Waals surface area contributed by atoms with E-state index >= 15 is 0 Å². The Morgan fingerprint density at radius 3 is 1.75 bits per heavy atom. The van der Waals surface area contributed by atoms with Crippen LogP contribution in [0, 0.1) is 0 Å². The highest BCUT2D eigenvalue weighted by Crippen LogP contribution is 2.32. The van der Waals surface area contributed by atoms with Crippen LogP contribution in [-0.4, -0.2) is 72.1 Å². The third-order valence-electron chi connectivity index (χ3n) is 7.67. The van der Waals surface area contributed by atoms with Crippen LogP contribution in [0.15, 0.2) is 91.0 Å². The Balaban J connectivity index is 0.000000214. The summed E-state index contributed by atoms with van der Waals surface area (Å²) < 4.78 is 0. The topological polar surface area (TPSA) is 52.8 Å². The molecule has 5 nitrogen and oxygen atoms in total. The van der Waals surface area contributed by atoms with Gasteiger partial charge in [0, 0.05) is 30.9 Å². The molecule has 0 radical (unpaired) electrons. The van der Waals surface area contributed by atoms with E-state index in [2.05, 4.69) is 78.5 Å². The van der Waals surface area contributed by atoms with Crippen molar-refractivity contribution in [1.82, 2.24) is 14.7 Å². The van der Waals surface area contributed by atoms with Crippen LogP contribution in [0.1, 0.15) is 67.3 Å². The summed E-state index contributed by atoms with van der Waals surface area (Å²) in [6.07, 6.45) is 6.71. The van der Waals surface area contributed by atoms with Gasteiger partial charge >= 0.3 is 5.37 Å². The molecule has 2 N–H and O–H groups in total. The van der Waals surface area contributed by atoms with Crippen LogP contribution in [0.3, 0.4) is 0 Å². The van der Waals surface area contributed by atoms with Crippen molar-refractivity contribution in [2.75, 3.05) is 52.0 Å². The molecular weight excluding hydrogens is 611 g/mol. The molecule has 5 rings (SSSR count). The highest BCUT2D eigenvalue weighted by molar-refractivity contribution is 6.62. The van der Waals surface area contributed by atoms with Gasteiger partial charge in [-0.1, -0.05) is 91.0 Å². The predicted octanol–water partition coefficient (Wildman–Crippen LogP) is 8.96. The highest BCUT2D eigenvalue weighted by atomic mass is 35.5. The summed E-state index contributed by atoms with van der Waals surface area (Å²) in [7, 11) is 4.34. The number of nitrogens with zero attached hydrogens (tertiary/aromatic N) is 3. The molecule has 0 aliphatic carbocycles. The maximum Gasteiger partial charge on any atom is 0.316 e. The number of hydrogen-bond acceptors (Lipinski definition) is 4. The number of rotatable bonds is 9. The summed E-state index contributed by atoms with van der Waals surface area (Å²) in [4.78, 5) is 17.6. The zero-order chi connectivity index (χ0) is 32.0. The third-order valence-corrected chi connectivity index (χ3v) is 8.43. The fraction of sp³-hybridized carbons (Fsp3) is 0.472. The molecule has 44 heavy (non-hydrogen) atoms. The van der Waals surface area contributed by atoms with E-state index in [9.17, 15) is 4.79 Å². The van der Waals surface area contributed by atoms with E-state index in [4.69, 9.17) is 40.5 Å². The van der Waals surface area contributed by atoms with Crippen molar-refractivity contribution in [1.29, 1.82) is 0 Å². The molecular formula is C36H51Cl3N4O. The first-order chi connectivity index (χ1) is 21.4. The van der Waals surface area contributed by atoms with E-state index in [1.807, 2.05) is 36.4 Å². The van der Waals surface area contributed by atoms with Crippen LogP contribution in [0.25, 0.3) is 0 Å². The monoisotopic (exact) mass is 660 g/mol. The Hall–Kier alpha value is -2.12. The molecule has 2 fully saturated rings. The van der Waals surface area contributed by atoms with Gasteiger partial charge in [0.2, 0.25) is 0 Å².